The molecular weight excluding hydrogens is 399 g/mol. The molecule has 0 saturated heterocycles. The van der Waals surface area contributed by atoms with Crippen LogP contribution in [-0.2, 0) is 12.7 Å². The molecule has 1 aliphatic rings. The normalized spacial score (nSPS) is 13.0. The molecule has 0 unspecified atom stereocenters. The van der Waals surface area contributed by atoms with Gasteiger partial charge in [-0.05, 0) is 18.2 Å². The predicted molar refractivity (Wildman–Crippen MR) is 100 cm³/mol. The Morgan fingerprint density at radius 1 is 0.900 bits per heavy atom. The minimum absolute atomic E-state index is 0.0287. The highest BCUT2D eigenvalue weighted by molar-refractivity contribution is 6.21. The number of alkyl halides is 3. The Morgan fingerprint density at radius 2 is 1.47 bits per heavy atom. The average Bonchev–Trinajstić information content (AvgIpc) is 3.00. The predicted octanol–water partition coefficient (Wildman–Crippen LogP) is 3.77. The Labute approximate surface area is 169 Å². The number of fused-ring (bicyclic) bond motifs is 1. The number of halogens is 3. The third kappa shape index (κ3) is 4.02. The summed E-state index contributed by atoms with van der Waals surface area (Å²) in [5, 5.41) is 0. The molecule has 0 aliphatic carbocycles. The molecule has 1 aromatic carbocycles. The quantitative estimate of drug-likeness (QED) is 0.605. The summed E-state index contributed by atoms with van der Waals surface area (Å²) in [6.07, 6.45) is -2.05. The number of nitrogens with zero attached hydrogens (tertiary/aromatic N) is 5. The maximum atomic E-state index is 12.6. The number of carbonyl (C=O) groups is 2. The van der Waals surface area contributed by atoms with Crippen molar-refractivity contribution >= 4 is 11.8 Å². The van der Waals surface area contributed by atoms with Crippen LogP contribution in [0.5, 0.6) is 0 Å². The first-order chi connectivity index (χ1) is 14.3. The number of rotatable bonds is 3. The zero-order valence-electron chi connectivity index (χ0n) is 16.0. The molecule has 2 aromatic heterocycles. The Hall–Kier alpha value is -3.69. The summed E-state index contributed by atoms with van der Waals surface area (Å²) in [6, 6.07) is 7.89. The molecule has 0 spiro atoms. The fourth-order valence-corrected chi connectivity index (χ4v) is 2.76. The summed E-state index contributed by atoms with van der Waals surface area (Å²) in [4.78, 5) is 41.2. The van der Waals surface area contributed by atoms with Gasteiger partial charge in [-0.1, -0.05) is 26.0 Å². The number of carbonyl (C=O) groups excluding carboxylic acids is 2. The monoisotopic (exact) mass is 415 g/mol. The molecular formula is C20H16F3N5O2. The smallest absolute Gasteiger partial charge is 0.269 e. The van der Waals surface area contributed by atoms with Crippen molar-refractivity contribution < 1.29 is 22.8 Å². The van der Waals surface area contributed by atoms with E-state index >= 15 is 0 Å². The second kappa shape index (κ2) is 8.36. The van der Waals surface area contributed by atoms with Gasteiger partial charge in [0.05, 0.1) is 28.9 Å². The van der Waals surface area contributed by atoms with E-state index in [1.165, 1.54) is 12.4 Å². The van der Waals surface area contributed by atoms with Gasteiger partial charge in [0.2, 0.25) is 0 Å². The van der Waals surface area contributed by atoms with Crippen molar-refractivity contribution in [2.24, 2.45) is 0 Å². The summed E-state index contributed by atoms with van der Waals surface area (Å²) >= 11 is 0. The van der Waals surface area contributed by atoms with Gasteiger partial charge < -0.3 is 0 Å². The van der Waals surface area contributed by atoms with Gasteiger partial charge in [-0.25, -0.2) is 19.9 Å². The fraction of sp³-hybridized carbons (Fsp3) is 0.200. The molecule has 10 heteroatoms. The van der Waals surface area contributed by atoms with E-state index < -0.39 is 23.6 Å². The van der Waals surface area contributed by atoms with Crippen molar-refractivity contribution in [3.05, 3.63) is 71.4 Å². The van der Waals surface area contributed by atoms with Crippen LogP contribution >= 0.6 is 0 Å². The number of amides is 2. The third-order valence-corrected chi connectivity index (χ3v) is 4.13. The summed E-state index contributed by atoms with van der Waals surface area (Å²) in [5.74, 6) is -0.905. The highest BCUT2D eigenvalue weighted by Crippen LogP contribution is 2.28. The Balaban J connectivity index is 0.00000124. The van der Waals surface area contributed by atoms with Crippen LogP contribution in [-0.4, -0.2) is 36.7 Å². The molecule has 0 radical (unpaired) electrons. The molecule has 1 aliphatic heterocycles. The highest BCUT2D eigenvalue weighted by atomic mass is 19.4. The van der Waals surface area contributed by atoms with E-state index in [1.807, 2.05) is 13.8 Å². The van der Waals surface area contributed by atoms with E-state index in [2.05, 4.69) is 19.9 Å². The van der Waals surface area contributed by atoms with Crippen LogP contribution in [0.2, 0.25) is 0 Å². The molecule has 0 bridgehead atoms. The number of hydrogen-bond donors (Lipinski definition) is 0. The van der Waals surface area contributed by atoms with Crippen molar-refractivity contribution in [1.82, 2.24) is 24.8 Å². The van der Waals surface area contributed by atoms with Gasteiger partial charge in [0, 0.05) is 12.4 Å². The summed E-state index contributed by atoms with van der Waals surface area (Å²) in [6.45, 7) is 3.89. The Kier molecular flexibility index (Phi) is 5.86. The zero-order chi connectivity index (χ0) is 21.9. The van der Waals surface area contributed by atoms with Crippen molar-refractivity contribution in [1.29, 1.82) is 0 Å². The molecule has 0 saturated carbocycles. The van der Waals surface area contributed by atoms with Crippen LogP contribution in [0.25, 0.3) is 11.5 Å². The van der Waals surface area contributed by atoms with Crippen LogP contribution < -0.4 is 0 Å². The van der Waals surface area contributed by atoms with Gasteiger partial charge in [0.15, 0.2) is 5.82 Å². The van der Waals surface area contributed by atoms with E-state index in [1.54, 1.807) is 24.3 Å². The van der Waals surface area contributed by atoms with Crippen LogP contribution in [0.1, 0.15) is 45.8 Å². The largest absolute Gasteiger partial charge is 0.419 e. The zero-order valence-corrected chi connectivity index (χ0v) is 16.0. The molecule has 154 valence electrons. The fourth-order valence-electron chi connectivity index (χ4n) is 2.76. The molecule has 0 fully saturated rings. The first-order valence-electron chi connectivity index (χ1n) is 9.00. The van der Waals surface area contributed by atoms with Gasteiger partial charge in [0.1, 0.15) is 12.0 Å². The maximum Gasteiger partial charge on any atom is 0.419 e. The first-order valence-corrected chi connectivity index (χ1v) is 9.00. The number of aromatic nitrogens is 4. The second-order valence-electron chi connectivity index (χ2n) is 5.93. The number of benzene rings is 1. The third-order valence-electron chi connectivity index (χ3n) is 4.13. The van der Waals surface area contributed by atoms with Gasteiger partial charge in [-0.15, -0.1) is 0 Å². The van der Waals surface area contributed by atoms with Crippen molar-refractivity contribution in [3.63, 3.8) is 0 Å². The number of hydrogen-bond acceptors (Lipinski definition) is 6. The highest BCUT2D eigenvalue weighted by Gasteiger charge is 2.35. The molecule has 4 rings (SSSR count). The van der Waals surface area contributed by atoms with Crippen molar-refractivity contribution in [3.8, 4) is 11.5 Å². The lowest BCUT2D eigenvalue weighted by Gasteiger charge is -2.13. The molecule has 2 amide bonds. The lowest BCUT2D eigenvalue weighted by molar-refractivity contribution is -0.138. The molecule has 30 heavy (non-hydrogen) atoms. The second-order valence-corrected chi connectivity index (χ2v) is 5.93. The minimum Gasteiger partial charge on any atom is -0.269 e. The maximum absolute atomic E-state index is 12.6. The van der Waals surface area contributed by atoms with E-state index in [-0.39, 0.29) is 18.1 Å². The van der Waals surface area contributed by atoms with Crippen LogP contribution in [0, 0.1) is 0 Å². The SMILES string of the molecule is CC.O=C1c2ccccc2C(=O)N1Cc1cc(-c2ncc(C(F)(F)F)cn2)ncn1. The van der Waals surface area contributed by atoms with Crippen molar-refractivity contribution in [2.75, 3.05) is 0 Å². The number of imide groups is 1. The Bertz CT molecular complexity index is 1050. The van der Waals surface area contributed by atoms with Crippen molar-refractivity contribution in [2.45, 2.75) is 26.6 Å². The summed E-state index contributed by atoms with van der Waals surface area (Å²) in [7, 11) is 0. The molecule has 3 aromatic rings. The van der Waals surface area contributed by atoms with Gasteiger partial charge >= 0.3 is 6.18 Å². The average molecular weight is 415 g/mol. The Morgan fingerprint density at radius 3 is 2.00 bits per heavy atom. The van der Waals surface area contributed by atoms with Gasteiger partial charge in [-0.2, -0.15) is 13.2 Å². The van der Waals surface area contributed by atoms with E-state index in [9.17, 15) is 22.8 Å². The molecule has 7 nitrogen and oxygen atoms in total. The van der Waals surface area contributed by atoms with Crippen LogP contribution in [0.15, 0.2) is 49.1 Å². The van der Waals surface area contributed by atoms with E-state index in [0.29, 0.717) is 29.2 Å². The summed E-state index contributed by atoms with van der Waals surface area (Å²) in [5.41, 5.74) is 0.149. The molecule has 0 atom stereocenters. The standard InChI is InChI=1S/C18H10F3N5O2.C2H6/c19-18(20,21)10-6-22-15(23-7-10)14-5-11(24-9-25-14)8-26-16(27)12-3-1-2-4-13(12)17(26)28;1-2/h1-7,9H,8H2;1-2H3. The van der Waals surface area contributed by atoms with Gasteiger partial charge in [-0.3, -0.25) is 14.5 Å². The topological polar surface area (TPSA) is 88.9 Å². The van der Waals surface area contributed by atoms with Gasteiger partial charge in [0.25, 0.3) is 11.8 Å². The lowest BCUT2D eigenvalue weighted by atomic mass is 10.1. The van der Waals surface area contributed by atoms with E-state index in [0.717, 1.165) is 4.90 Å². The first kappa shape index (κ1) is 21.0. The van der Waals surface area contributed by atoms with Crippen LogP contribution in [0.4, 0.5) is 13.2 Å². The lowest BCUT2D eigenvalue weighted by Crippen LogP contribution is -2.29. The molecule has 0 N–H and O–H groups in total. The van der Waals surface area contributed by atoms with Crippen LogP contribution in [0.3, 0.4) is 0 Å². The minimum atomic E-state index is -4.54. The van der Waals surface area contributed by atoms with E-state index in [4.69, 9.17) is 0 Å². The molecule has 3 heterocycles. The summed E-state index contributed by atoms with van der Waals surface area (Å²) < 4.78 is 37.9.